The SMILES string of the molecule is C(=C\c1cc[n+]2c(c1)-c1c(ccc3c1-c1c4ccccc4cc[n+]1CC3)CC2)/c1cc2c3c(c1)CCCN3CCC2.O=S(=O)(O)C(F)(F)F. The molecule has 4 aliphatic heterocycles. The van der Waals surface area contributed by atoms with Crippen LogP contribution in [0.5, 0.6) is 0 Å². The van der Waals surface area contributed by atoms with E-state index in [2.05, 4.69) is 105 Å². The van der Waals surface area contributed by atoms with Gasteiger partial charge < -0.3 is 4.90 Å². The van der Waals surface area contributed by atoms with Gasteiger partial charge in [0.1, 0.15) is 0 Å². The predicted octanol–water partition coefficient (Wildman–Crippen LogP) is 7.12. The summed E-state index contributed by atoms with van der Waals surface area (Å²) < 4.78 is 62.5. The van der Waals surface area contributed by atoms with Crippen molar-refractivity contribution >= 4 is 38.7 Å². The largest absolute Gasteiger partial charge is 0.522 e. The second-order valence-electron chi connectivity index (χ2n) is 13.3. The minimum atomic E-state index is -5.84. The zero-order valence-corrected chi connectivity index (χ0v) is 27.7. The van der Waals surface area contributed by atoms with E-state index in [1.807, 2.05) is 0 Å². The summed E-state index contributed by atoms with van der Waals surface area (Å²) in [6.07, 6.45) is 16.4. The van der Waals surface area contributed by atoms with Crippen LogP contribution < -0.4 is 14.0 Å². The van der Waals surface area contributed by atoms with Crippen LogP contribution in [0.15, 0.2) is 79.1 Å². The number of anilines is 1. The van der Waals surface area contributed by atoms with Crippen molar-refractivity contribution in [3.63, 3.8) is 0 Å². The van der Waals surface area contributed by atoms with Crippen molar-refractivity contribution in [2.75, 3.05) is 18.0 Å². The fourth-order valence-electron chi connectivity index (χ4n) is 8.05. The van der Waals surface area contributed by atoms with E-state index < -0.39 is 15.6 Å². The van der Waals surface area contributed by atoms with Gasteiger partial charge in [0.15, 0.2) is 25.5 Å². The van der Waals surface area contributed by atoms with Crippen LogP contribution in [0, 0.1) is 0 Å². The molecule has 0 spiro atoms. The molecule has 3 aromatic carbocycles. The third-order valence-electron chi connectivity index (χ3n) is 10.2. The second-order valence-corrected chi connectivity index (χ2v) is 14.7. The Kier molecular flexibility index (Phi) is 7.83. The molecule has 0 bridgehead atoms. The van der Waals surface area contributed by atoms with Crippen molar-refractivity contribution in [3.8, 4) is 22.5 Å². The van der Waals surface area contributed by atoms with E-state index in [1.54, 1.807) is 16.8 Å². The average molecular weight is 684 g/mol. The average Bonchev–Trinajstić information content (AvgIpc) is 3.09. The fourth-order valence-corrected chi connectivity index (χ4v) is 8.05. The second kappa shape index (κ2) is 12.1. The van der Waals surface area contributed by atoms with Crippen LogP contribution in [0.4, 0.5) is 18.9 Å². The molecule has 0 radical (unpaired) electrons. The van der Waals surface area contributed by atoms with Gasteiger partial charge >= 0.3 is 15.6 Å². The summed E-state index contributed by atoms with van der Waals surface area (Å²) >= 11 is 0. The molecule has 0 unspecified atom stereocenters. The molecule has 250 valence electrons. The number of hydrogen-bond acceptors (Lipinski definition) is 3. The Morgan fingerprint density at radius 3 is 2.02 bits per heavy atom. The Bertz CT molecular complexity index is 2250. The van der Waals surface area contributed by atoms with Crippen molar-refractivity contribution in [1.82, 2.24) is 0 Å². The summed E-state index contributed by atoms with van der Waals surface area (Å²) in [5.74, 6) is 0. The minimum Gasteiger partial charge on any atom is -0.371 e. The lowest BCUT2D eigenvalue weighted by atomic mass is 9.83. The Morgan fingerprint density at radius 2 is 1.33 bits per heavy atom. The number of benzene rings is 3. The van der Waals surface area contributed by atoms with Gasteiger partial charge in [-0.1, -0.05) is 42.5 Å². The molecule has 10 heteroatoms. The van der Waals surface area contributed by atoms with E-state index >= 15 is 0 Å². The van der Waals surface area contributed by atoms with Gasteiger partial charge in [-0.2, -0.15) is 30.7 Å². The molecule has 0 fully saturated rings. The van der Waals surface area contributed by atoms with E-state index in [0.29, 0.717) is 0 Å². The summed E-state index contributed by atoms with van der Waals surface area (Å²) in [6.45, 7) is 4.53. The molecular weight excluding hydrogens is 648 g/mol. The van der Waals surface area contributed by atoms with Crippen molar-refractivity contribution in [1.29, 1.82) is 0 Å². The third kappa shape index (κ3) is 5.80. The van der Waals surface area contributed by atoms with Crippen LogP contribution in [-0.4, -0.2) is 31.6 Å². The summed E-state index contributed by atoms with van der Waals surface area (Å²) in [7, 11) is -5.84. The van der Waals surface area contributed by atoms with Gasteiger partial charge in [0, 0.05) is 49.8 Å². The molecule has 0 atom stereocenters. The van der Waals surface area contributed by atoms with Crippen LogP contribution >= 0.6 is 0 Å². The monoisotopic (exact) mass is 683 g/mol. The molecule has 4 aliphatic rings. The Balaban J connectivity index is 0.000000392. The molecule has 0 aliphatic carbocycles. The molecule has 6 nitrogen and oxygen atoms in total. The standard InChI is InChI=1S/C38H35N3.CHF3O3S/c1-2-8-33-28(5-1)14-21-41-22-16-30-12-11-29-15-20-39-19-13-26(25-34(39)35(29)36(30)38(33)41)9-10-27-23-31-6-3-17-40-18-4-7-32(24-27)37(31)40;2-1(3,4)8(5,6)7/h1-2,5,8-14,19,21,23-25H,3-4,6-7,15-18,20,22H2;(H,5,6,7)/q+2;. The van der Waals surface area contributed by atoms with Gasteiger partial charge in [0.2, 0.25) is 11.4 Å². The highest BCUT2D eigenvalue weighted by atomic mass is 32.2. The van der Waals surface area contributed by atoms with Crippen molar-refractivity contribution in [3.05, 3.63) is 113 Å². The van der Waals surface area contributed by atoms with E-state index in [-0.39, 0.29) is 0 Å². The summed E-state index contributed by atoms with van der Waals surface area (Å²) in [5, 5.41) is 2.67. The number of pyridine rings is 2. The van der Waals surface area contributed by atoms with Crippen LogP contribution in [-0.2, 0) is 48.9 Å². The number of nitrogens with zero attached hydrogens (tertiary/aromatic N) is 3. The van der Waals surface area contributed by atoms with Crippen molar-refractivity contribution in [2.24, 2.45) is 0 Å². The summed E-state index contributed by atoms with van der Waals surface area (Å²) in [6, 6.07) is 25.6. The number of alkyl halides is 3. The van der Waals surface area contributed by atoms with Gasteiger partial charge in [0.05, 0.1) is 16.5 Å². The number of aromatic nitrogens is 2. The maximum Gasteiger partial charge on any atom is 0.522 e. The molecule has 6 heterocycles. The quantitative estimate of drug-likeness (QED) is 0.122. The molecule has 9 rings (SSSR count). The number of fused-ring (bicyclic) bond motifs is 9. The Hall–Kier alpha value is -4.54. The molecular formula is C39H36F3N3O3S+2. The molecule has 2 aromatic heterocycles. The highest BCUT2D eigenvalue weighted by molar-refractivity contribution is 7.86. The van der Waals surface area contributed by atoms with Gasteiger partial charge in [-0.25, -0.2) is 0 Å². The predicted molar refractivity (Wildman–Crippen MR) is 184 cm³/mol. The lowest BCUT2D eigenvalue weighted by molar-refractivity contribution is -0.689. The first-order valence-electron chi connectivity index (χ1n) is 16.8. The zero-order valence-electron chi connectivity index (χ0n) is 26.9. The lowest BCUT2D eigenvalue weighted by Crippen LogP contribution is -2.43. The van der Waals surface area contributed by atoms with Crippen LogP contribution in [0.3, 0.4) is 0 Å². The highest BCUT2D eigenvalue weighted by Gasteiger charge is 2.44. The van der Waals surface area contributed by atoms with Gasteiger partial charge in [-0.05, 0) is 82.6 Å². The molecule has 0 saturated heterocycles. The third-order valence-corrected chi connectivity index (χ3v) is 10.8. The molecule has 1 N–H and O–H groups in total. The van der Waals surface area contributed by atoms with E-state index in [1.165, 1.54) is 94.3 Å². The number of hydrogen-bond donors (Lipinski definition) is 1. The first-order chi connectivity index (χ1) is 23.5. The fraction of sp³-hybridized carbons (Fsp3) is 0.282. The molecule has 49 heavy (non-hydrogen) atoms. The van der Waals surface area contributed by atoms with E-state index in [0.717, 1.165) is 25.9 Å². The molecule has 0 amide bonds. The van der Waals surface area contributed by atoms with Crippen LogP contribution in [0.2, 0.25) is 0 Å². The Labute approximate surface area is 283 Å². The first kappa shape index (κ1) is 31.7. The van der Waals surface area contributed by atoms with Crippen LogP contribution in [0.25, 0.3) is 45.4 Å². The van der Waals surface area contributed by atoms with Crippen molar-refractivity contribution in [2.45, 2.75) is 57.1 Å². The first-order valence-corrected chi connectivity index (χ1v) is 18.2. The maximum absolute atomic E-state index is 10.7. The minimum absolute atomic E-state index is 1.03. The van der Waals surface area contributed by atoms with Gasteiger partial charge in [-0.15, -0.1) is 0 Å². The summed E-state index contributed by atoms with van der Waals surface area (Å²) in [5.41, 5.74) is 10.3. The normalized spacial score (nSPS) is 16.2. The number of aryl methyl sites for hydroxylation is 6. The molecule has 0 saturated carbocycles. The number of halogens is 3. The van der Waals surface area contributed by atoms with E-state index in [9.17, 15) is 13.2 Å². The maximum atomic E-state index is 10.7. The van der Waals surface area contributed by atoms with Gasteiger partial charge in [-0.3, -0.25) is 4.55 Å². The lowest BCUT2D eigenvalue weighted by Gasteiger charge is -2.37. The number of rotatable bonds is 2. The van der Waals surface area contributed by atoms with Crippen LogP contribution in [0.1, 0.15) is 46.2 Å². The topological polar surface area (TPSA) is 65.4 Å². The Morgan fingerprint density at radius 1 is 0.714 bits per heavy atom. The summed E-state index contributed by atoms with van der Waals surface area (Å²) in [4.78, 5) is 2.63. The highest BCUT2D eigenvalue weighted by Crippen LogP contribution is 2.42. The van der Waals surface area contributed by atoms with Crippen molar-refractivity contribution < 1.29 is 35.3 Å². The van der Waals surface area contributed by atoms with E-state index in [4.69, 9.17) is 13.0 Å². The molecule has 5 aromatic rings. The van der Waals surface area contributed by atoms with Gasteiger partial charge in [0.25, 0.3) is 0 Å². The zero-order chi connectivity index (χ0) is 33.9. The smallest absolute Gasteiger partial charge is 0.371 e.